The third-order valence-electron chi connectivity index (χ3n) is 3.43. The number of esters is 1. The first-order valence-electron chi connectivity index (χ1n) is 6.71. The Labute approximate surface area is 118 Å². The highest BCUT2D eigenvalue weighted by molar-refractivity contribution is 7.89. The second-order valence-corrected chi connectivity index (χ2v) is 6.53. The number of aromatic amines is 1. The summed E-state index contributed by atoms with van der Waals surface area (Å²) in [6.45, 7) is 2.16. The van der Waals surface area contributed by atoms with E-state index in [2.05, 4.69) is 14.9 Å². The lowest BCUT2D eigenvalue weighted by Gasteiger charge is -2.27. The van der Waals surface area contributed by atoms with Gasteiger partial charge in [0.1, 0.15) is 0 Å². The third kappa shape index (κ3) is 3.57. The minimum atomic E-state index is -3.55. The molecule has 1 saturated carbocycles. The van der Waals surface area contributed by atoms with E-state index >= 15 is 0 Å². The van der Waals surface area contributed by atoms with Crippen molar-refractivity contribution in [3.63, 3.8) is 0 Å². The molecule has 0 spiro atoms. The molecule has 1 aliphatic rings. The van der Waals surface area contributed by atoms with Crippen molar-refractivity contribution < 1.29 is 17.9 Å². The number of hydrogen-bond donors (Lipinski definition) is 2. The molecule has 20 heavy (non-hydrogen) atoms. The first-order chi connectivity index (χ1) is 9.53. The number of H-pyrrole nitrogens is 1. The van der Waals surface area contributed by atoms with Gasteiger partial charge in [-0.3, -0.25) is 9.89 Å². The average molecular weight is 301 g/mol. The fourth-order valence-electron chi connectivity index (χ4n) is 2.38. The van der Waals surface area contributed by atoms with Crippen LogP contribution in [0.3, 0.4) is 0 Å². The van der Waals surface area contributed by atoms with Crippen LogP contribution in [0.25, 0.3) is 0 Å². The second kappa shape index (κ2) is 6.36. The number of nitrogens with zero attached hydrogens (tertiary/aromatic N) is 1. The minimum absolute atomic E-state index is 0.0602. The molecule has 7 nitrogen and oxygen atoms in total. The van der Waals surface area contributed by atoms with Gasteiger partial charge in [0, 0.05) is 6.04 Å². The molecule has 1 aromatic heterocycles. The van der Waals surface area contributed by atoms with Crippen LogP contribution in [0.15, 0.2) is 17.3 Å². The minimum Gasteiger partial charge on any atom is -0.466 e. The Morgan fingerprint density at radius 1 is 1.45 bits per heavy atom. The largest absolute Gasteiger partial charge is 0.466 e. The topological polar surface area (TPSA) is 101 Å². The SMILES string of the molecule is CCOC(=O)C1CCC(NS(=O)(=O)c2ccn[nH]2)CC1. The maximum atomic E-state index is 12.0. The molecule has 0 amide bonds. The molecule has 1 aliphatic carbocycles. The Bertz CT molecular complexity index is 533. The standard InChI is InChI=1S/C12H19N3O4S/c1-2-19-12(16)9-3-5-10(6-4-9)15-20(17,18)11-7-8-13-14-11/h7-10,15H,2-6H2,1H3,(H,13,14). The highest BCUT2D eigenvalue weighted by Gasteiger charge is 2.30. The second-order valence-electron chi connectivity index (χ2n) is 4.84. The van der Waals surface area contributed by atoms with E-state index < -0.39 is 10.0 Å². The Morgan fingerprint density at radius 2 is 2.15 bits per heavy atom. The fraction of sp³-hybridized carbons (Fsp3) is 0.667. The van der Waals surface area contributed by atoms with E-state index in [1.165, 1.54) is 12.3 Å². The molecule has 1 fully saturated rings. The summed E-state index contributed by atoms with van der Waals surface area (Å²) < 4.78 is 31.6. The van der Waals surface area contributed by atoms with Crippen LogP contribution in [-0.2, 0) is 19.6 Å². The number of carbonyl (C=O) groups excluding carboxylic acids is 1. The molecule has 0 radical (unpaired) electrons. The molecule has 1 aromatic rings. The number of nitrogens with one attached hydrogen (secondary N) is 2. The Hall–Kier alpha value is -1.41. The van der Waals surface area contributed by atoms with Crippen molar-refractivity contribution >= 4 is 16.0 Å². The molecule has 2 rings (SSSR count). The molecule has 0 atom stereocenters. The molecule has 8 heteroatoms. The van der Waals surface area contributed by atoms with Gasteiger partial charge in [0.2, 0.25) is 0 Å². The van der Waals surface area contributed by atoms with E-state index in [4.69, 9.17) is 4.74 Å². The molecular formula is C12H19N3O4S. The smallest absolute Gasteiger partial charge is 0.308 e. The summed E-state index contributed by atoms with van der Waals surface area (Å²) in [5.41, 5.74) is 0. The number of hydrogen-bond acceptors (Lipinski definition) is 5. The van der Waals surface area contributed by atoms with Gasteiger partial charge >= 0.3 is 5.97 Å². The van der Waals surface area contributed by atoms with E-state index in [1.807, 2.05) is 0 Å². The molecular weight excluding hydrogens is 282 g/mol. The Kier molecular flexibility index (Phi) is 4.77. The molecule has 1 heterocycles. The highest BCUT2D eigenvalue weighted by atomic mass is 32.2. The van der Waals surface area contributed by atoms with Crippen molar-refractivity contribution in [2.45, 2.75) is 43.7 Å². The normalized spacial score (nSPS) is 23.4. The number of rotatable bonds is 5. The van der Waals surface area contributed by atoms with Crippen LogP contribution >= 0.6 is 0 Å². The van der Waals surface area contributed by atoms with Crippen molar-refractivity contribution in [1.82, 2.24) is 14.9 Å². The maximum Gasteiger partial charge on any atom is 0.308 e. The maximum absolute atomic E-state index is 12.0. The van der Waals surface area contributed by atoms with Crippen LogP contribution in [0, 0.1) is 5.92 Å². The molecule has 0 unspecified atom stereocenters. The van der Waals surface area contributed by atoms with Crippen molar-refractivity contribution in [3.05, 3.63) is 12.3 Å². The van der Waals surface area contributed by atoms with Gasteiger partial charge in [0.15, 0.2) is 5.03 Å². The number of ether oxygens (including phenoxy) is 1. The monoisotopic (exact) mass is 301 g/mol. The van der Waals surface area contributed by atoms with Gasteiger partial charge in [-0.1, -0.05) is 0 Å². The van der Waals surface area contributed by atoms with Gasteiger partial charge in [-0.2, -0.15) is 5.10 Å². The fourth-order valence-corrected chi connectivity index (χ4v) is 3.60. The van der Waals surface area contributed by atoms with Crippen molar-refractivity contribution in [2.24, 2.45) is 5.92 Å². The zero-order valence-electron chi connectivity index (χ0n) is 11.3. The Balaban J connectivity index is 1.87. The highest BCUT2D eigenvalue weighted by Crippen LogP contribution is 2.26. The number of sulfonamides is 1. The molecule has 2 N–H and O–H groups in total. The molecule has 0 aliphatic heterocycles. The average Bonchev–Trinajstić information content (AvgIpc) is 2.94. The predicted molar refractivity (Wildman–Crippen MR) is 71.3 cm³/mol. The van der Waals surface area contributed by atoms with Crippen LogP contribution in [0.5, 0.6) is 0 Å². The lowest BCUT2D eigenvalue weighted by molar-refractivity contribution is -0.149. The third-order valence-corrected chi connectivity index (χ3v) is 4.88. The van der Waals surface area contributed by atoms with E-state index in [1.54, 1.807) is 6.92 Å². The summed E-state index contributed by atoms with van der Waals surface area (Å²) in [5, 5.41) is 6.13. The van der Waals surface area contributed by atoms with Crippen LogP contribution in [0.1, 0.15) is 32.6 Å². The summed E-state index contributed by atoms with van der Waals surface area (Å²) in [7, 11) is -3.55. The van der Waals surface area contributed by atoms with Crippen LogP contribution < -0.4 is 4.72 Å². The Morgan fingerprint density at radius 3 is 2.70 bits per heavy atom. The number of carbonyl (C=O) groups is 1. The summed E-state index contributed by atoms with van der Waals surface area (Å²) in [4.78, 5) is 11.6. The first-order valence-corrected chi connectivity index (χ1v) is 8.19. The van der Waals surface area contributed by atoms with Gasteiger partial charge < -0.3 is 4.74 Å². The lowest BCUT2D eigenvalue weighted by atomic mass is 9.86. The first kappa shape index (κ1) is 15.0. The van der Waals surface area contributed by atoms with E-state index in [9.17, 15) is 13.2 Å². The molecule has 112 valence electrons. The van der Waals surface area contributed by atoms with E-state index in [0.717, 1.165) is 0 Å². The molecule has 0 bridgehead atoms. The van der Waals surface area contributed by atoms with Gasteiger partial charge in [-0.25, -0.2) is 13.1 Å². The van der Waals surface area contributed by atoms with Crippen LogP contribution in [0.2, 0.25) is 0 Å². The summed E-state index contributed by atoms with van der Waals surface area (Å²) in [5.74, 6) is -0.287. The summed E-state index contributed by atoms with van der Waals surface area (Å²) >= 11 is 0. The van der Waals surface area contributed by atoms with Gasteiger partial charge in [-0.15, -0.1) is 0 Å². The van der Waals surface area contributed by atoms with Crippen LogP contribution in [-0.4, -0.2) is 37.2 Å². The van der Waals surface area contributed by atoms with Crippen molar-refractivity contribution in [1.29, 1.82) is 0 Å². The predicted octanol–water partition coefficient (Wildman–Crippen LogP) is 0.810. The van der Waals surface area contributed by atoms with E-state index in [0.29, 0.717) is 32.3 Å². The van der Waals surface area contributed by atoms with Crippen molar-refractivity contribution in [3.8, 4) is 0 Å². The zero-order chi connectivity index (χ0) is 14.6. The van der Waals surface area contributed by atoms with E-state index in [-0.39, 0.29) is 23.0 Å². The number of aromatic nitrogens is 2. The van der Waals surface area contributed by atoms with Gasteiger partial charge in [0.05, 0.1) is 18.7 Å². The molecule has 0 saturated heterocycles. The molecule has 0 aromatic carbocycles. The lowest BCUT2D eigenvalue weighted by Crippen LogP contribution is -2.39. The van der Waals surface area contributed by atoms with Crippen molar-refractivity contribution in [2.75, 3.05) is 6.61 Å². The quantitative estimate of drug-likeness (QED) is 0.784. The van der Waals surface area contributed by atoms with Crippen LogP contribution in [0.4, 0.5) is 0 Å². The summed E-state index contributed by atoms with van der Waals surface area (Å²) in [6.07, 6.45) is 3.96. The van der Waals surface area contributed by atoms with Gasteiger partial charge in [-0.05, 0) is 38.7 Å². The van der Waals surface area contributed by atoms with Gasteiger partial charge in [0.25, 0.3) is 10.0 Å². The summed E-state index contributed by atoms with van der Waals surface area (Å²) in [6, 6.07) is 1.26. The zero-order valence-corrected chi connectivity index (χ0v) is 12.1.